The summed E-state index contributed by atoms with van der Waals surface area (Å²) in [6, 6.07) is 18.2. The van der Waals surface area contributed by atoms with Crippen molar-refractivity contribution in [2.45, 2.75) is 31.8 Å². The van der Waals surface area contributed by atoms with Gasteiger partial charge in [0, 0.05) is 32.2 Å². The first-order valence-corrected chi connectivity index (χ1v) is 10.3. The maximum atomic E-state index is 12.9. The van der Waals surface area contributed by atoms with Crippen LogP contribution in [0.5, 0.6) is 0 Å². The van der Waals surface area contributed by atoms with Gasteiger partial charge in [0.1, 0.15) is 0 Å². The molecular formula is C24H31NO4. The van der Waals surface area contributed by atoms with Gasteiger partial charge in [0.15, 0.2) is 0 Å². The predicted molar refractivity (Wildman–Crippen MR) is 113 cm³/mol. The quantitative estimate of drug-likeness (QED) is 0.672. The molecule has 1 aliphatic rings. The second-order valence-corrected chi connectivity index (χ2v) is 7.98. The van der Waals surface area contributed by atoms with Crippen LogP contribution in [0.25, 0.3) is 11.1 Å². The third-order valence-corrected chi connectivity index (χ3v) is 5.99. The highest BCUT2D eigenvalue weighted by Crippen LogP contribution is 2.35. The van der Waals surface area contributed by atoms with Crippen molar-refractivity contribution in [2.75, 3.05) is 33.4 Å². The number of piperidine rings is 1. The van der Waals surface area contributed by atoms with Crippen LogP contribution in [-0.4, -0.2) is 60.5 Å². The summed E-state index contributed by atoms with van der Waals surface area (Å²) in [5, 5.41) is 20.5. The van der Waals surface area contributed by atoms with Crippen molar-refractivity contribution in [3.8, 4) is 11.1 Å². The van der Waals surface area contributed by atoms with Gasteiger partial charge >= 0.3 is 0 Å². The molecule has 1 fully saturated rings. The molecule has 5 nitrogen and oxygen atoms in total. The third kappa shape index (κ3) is 5.24. The van der Waals surface area contributed by atoms with E-state index in [9.17, 15) is 15.0 Å². The Labute approximate surface area is 172 Å². The number of carbonyl (C=O) groups excluding carboxylic acids is 1. The minimum atomic E-state index is -0.663. The van der Waals surface area contributed by atoms with E-state index in [1.807, 2.05) is 42.5 Å². The van der Waals surface area contributed by atoms with Crippen LogP contribution in [-0.2, 0) is 16.0 Å². The highest BCUT2D eigenvalue weighted by molar-refractivity contribution is 5.79. The smallest absolute Gasteiger partial charge is 0.227 e. The van der Waals surface area contributed by atoms with E-state index in [4.69, 9.17) is 4.74 Å². The van der Waals surface area contributed by atoms with Crippen LogP contribution in [0, 0.1) is 5.41 Å². The summed E-state index contributed by atoms with van der Waals surface area (Å²) in [4.78, 5) is 14.7. The third-order valence-electron chi connectivity index (χ3n) is 5.99. The van der Waals surface area contributed by atoms with Crippen molar-refractivity contribution >= 4 is 5.91 Å². The van der Waals surface area contributed by atoms with Crippen LogP contribution in [0.15, 0.2) is 54.6 Å². The van der Waals surface area contributed by atoms with Gasteiger partial charge in [0.05, 0.1) is 19.1 Å². The lowest BCUT2D eigenvalue weighted by Crippen LogP contribution is -2.55. The van der Waals surface area contributed by atoms with Crippen molar-refractivity contribution in [1.82, 2.24) is 4.90 Å². The molecule has 2 atom stereocenters. The molecule has 0 saturated carbocycles. The summed E-state index contributed by atoms with van der Waals surface area (Å²) in [5.41, 5.74) is 2.58. The molecule has 1 amide bonds. The number of benzene rings is 2. The molecule has 2 aromatic carbocycles. The highest BCUT2D eigenvalue weighted by atomic mass is 16.5. The van der Waals surface area contributed by atoms with Crippen LogP contribution >= 0.6 is 0 Å². The number of methoxy groups -OCH3 is 1. The average Bonchev–Trinajstić information content (AvgIpc) is 2.76. The topological polar surface area (TPSA) is 70.0 Å². The molecule has 1 aliphatic heterocycles. The number of hydrogen-bond acceptors (Lipinski definition) is 4. The Morgan fingerprint density at radius 3 is 2.48 bits per heavy atom. The number of aliphatic hydroxyl groups is 2. The van der Waals surface area contributed by atoms with E-state index in [1.165, 1.54) is 0 Å². The van der Waals surface area contributed by atoms with Crippen molar-refractivity contribution in [3.63, 3.8) is 0 Å². The Hall–Kier alpha value is -2.21. The van der Waals surface area contributed by atoms with E-state index in [0.717, 1.165) is 23.1 Å². The number of hydrogen-bond donors (Lipinski definition) is 2. The number of amides is 1. The molecule has 1 heterocycles. The Bertz CT molecular complexity index is 777. The lowest BCUT2D eigenvalue weighted by molar-refractivity contribution is -0.142. The van der Waals surface area contributed by atoms with E-state index in [-0.39, 0.29) is 12.5 Å². The van der Waals surface area contributed by atoms with Crippen molar-refractivity contribution in [3.05, 3.63) is 60.2 Å². The molecule has 0 unspecified atom stereocenters. The summed E-state index contributed by atoms with van der Waals surface area (Å²) in [6.07, 6.45) is 1.60. The molecule has 0 bridgehead atoms. The predicted octanol–water partition coefficient (Wildman–Crippen LogP) is 2.89. The molecule has 0 spiro atoms. The molecule has 2 aromatic rings. The molecule has 1 saturated heterocycles. The van der Waals surface area contributed by atoms with Crippen molar-refractivity contribution in [2.24, 2.45) is 5.41 Å². The van der Waals surface area contributed by atoms with Gasteiger partial charge in [0.2, 0.25) is 5.91 Å². The fourth-order valence-electron chi connectivity index (χ4n) is 4.14. The summed E-state index contributed by atoms with van der Waals surface area (Å²) in [7, 11) is 1.64. The minimum absolute atomic E-state index is 0.0360. The number of nitrogens with zero attached hydrogens (tertiary/aromatic N) is 1. The van der Waals surface area contributed by atoms with E-state index in [0.29, 0.717) is 39.0 Å². The second-order valence-electron chi connectivity index (χ2n) is 7.98. The molecule has 0 aromatic heterocycles. The highest BCUT2D eigenvalue weighted by Gasteiger charge is 2.43. The van der Waals surface area contributed by atoms with E-state index in [1.54, 1.807) is 12.0 Å². The summed E-state index contributed by atoms with van der Waals surface area (Å²) in [6.45, 7) is 1.35. The van der Waals surface area contributed by atoms with Gasteiger partial charge in [0.25, 0.3) is 0 Å². The zero-order valence-electron chi connectivity index (χ0n) is 17.1. The van der Waals surface area contributed by atoms with Crippen molar-refractivity contribution in [1.29, 1.82) is 0 Å². The van der Waals surface area contributed by atoms with Gasteiger partial charge in [-0.1, -0.05) is 54.6 Å². The fraction of sp³-hybridized carbons (Fsp3) is 0.458. The largest absolute Gasteiger partial charge is 0.396 e. The maximum absolute atomic E-state index is 12.9. The van der Waals surface area contributed by atoms with Gasteiger partial charge in [-0.05, 0) is 36.0 Å². The number of aliphatic hydroxyl groups excluding tert-OH is 2. The van der Waals surface area contributed by atoms with Gasteiger partial charge in [-0.15, -0.1) is 0 Å². The van der Waals surface area contributed by atoms with Crippen molar-refractivity contribution < 1.29 is 19.7 Å². The second kappa shape index (κ2) is 10.0. The summed E-state index contributed by atoms with van der Waals surface area (Å²) in [5.74, 6) is 0.0360. The van der Waals surface area contributed by atoms with Gasteiger partial charge < -0.3 is 19.8 Å². The van der Waals surface area contributed by atoms with Crippen LogP contribution in [0.1, 0.15) is 24.8 Å². The van der Waals surface area contributed by atoms with Gasteiger partial charge in [-0.25, -0.2) is 0 Å². The monoisotopic (exact) mass is 397 g/mol. The first-order valence-electron chi connectivity index (χ1n) is 10.3. The zero-order chi connectivity index (χ0) is 20.7. The molecule has 0 aliphatic carbocycles. The molecule has 0 radical (unpaired) electrons. The Kier molecular flexibility index (Phi) is 7.42. The molecule has 156 valence electrons. The minimum Gasteiger partial charge on any atom is -0.396 e. The first kappa shape index (κ1) is 21.5. The van der Waals surface area contributed by atoms with Crippen LogP contribution < -0.4 is 0 Å². The standard InChI is InChI=1S/C24H31NO4/c1-29-15-5-13-24(18-26)17-25(14-12-22(24)27)23(28)16-19-8-10-21(11-9-19)20-6-3-2-4-7-20/h2-4,6-11,22,26-27H,5,12-18H2,1H3/t22-,24+/m1/s1. The van der Waals surface area contributed by atoms with E-state index in [2.05, 4.69) is 12.1 Å². The lowest BCUT2D eigenvalue weighted by Gasteiger charge is -2.45. The number of rotatable bonds is 8. The Balaban J connectivity index is 1.64. The first-order chi connectivity index (χ1) is 14.1. The molecular weight excluding hydrogens is 366 g/mol. The fourth-order valence-corrected chi connectivity index (χ4v) is 4.14. The van der Waals surface area contributed by atoms with Gasteiger partial charge in [-0.3, -0.25) is 4.79 Å². The Morgan fingerprint density at radius 2 is 1.83 bits per heavy atom. The van der Waals surface area contributed by atoms with Gasteiger partial charge in [-0.2, -0.15) is 0 Å². The normalized spacial score (nSPS) is 21.9. The SMILES string of the molecule is COCCC[C@@]1(CO)CN(C(=O)Cc2ccc(-c3ccccc3)cc2)CC[C@H]1O. The van der Waals surface area contributed by atoms with E-state index < -0.39 is 11.5 Å². The van der Waals surface area contributed by atoms with Crippen LogP contribution in [0.2, 0.25) is 0 Å². The number of carbonyl (C=O) groups is 1. The Morgan fingerprint density at radius 1 is 1.14 bits per heavy atom. The maximum Gasteiger partial charge on any atom is 0.227 e. The van der Waals surface area contributed by atoms with E-state index >= 15 is 0 Å². The molecule has 5 heteroatoms. The number of ether oxygens (including phenoxy) is 1. The number of likely N-dealkylation sites (tertiary alicyclic amines) is 1. The van der Waals surface area contributed by atoms with Crippen LogP contribution in [0.4, 0.5) is 0 Å². The lowest BCUT2D eigenvalue weighted by atomic mass is 9.74. The molecule has 29 heavy (non-hydrogen) atoms. The summed E-state index contributed by atoms with van der Waals surface area (Å²) >= 11 is 0. The molecule has 2 N–H and O–H groups in total. The average molecular weight is 398 g/mol. The van der Waals surface area contributed by atoms with Crippen LogP contribution in [0.3, 0.4) is 0 Å². The summed E-state index contributed by atoms with van der Waals surface area (Å²) < 4.78 is 5.11. The zero-order valence-corrected chi connectivity index (χ0v) is 17.1. The molecule has 3 rings (SSSR count).